The van der Waals surface area contributed by atoms with Crippen molar-refractivity contribution in [1.82, 2.24) is 0 Å². The van der Waals surface area contributed by atoms with E-state index in [0.717, 1.165) is 5.75 Å². The fraction of sp³-hybridized carbons (Fsp3) is 0.350. The van der Waals surface area contributed by atoms with Crippen LogP contribution in [0, 0.1) is 5.92 Å². The Kier molecular flexibility index (Phi) is 5.80. The van der Waals surface area contributed by atoms with Crippen LogP contribution in [-0.4, -0.2) is 12.6 Å². The van der Waals surface area contributed by atoms with E-state index in [2.05, 4.69) is 27.7 Å². The maximum atomic E-state index is 12.1. The van der Waals surface area contributed by atoms with Crippen LogP contribution in [0.1, 0.15) is 49.5 Å². The second-order valence-electron chi connectivity index (χ2n) is 6.34. The minimum Gasteiger partial charge on any atom is -0.493 e. The maximum Gasteiger partial charge on any atom is 0.343 e. The second kappa shape index (κ2) is 7.82. The number of rotatable bonds is 6. The quantitative estimate of drug-likeness (QED) is 0.552. The van der Waals surface area contributed by atoms with Gasteiger partial charge in [-0.25, -0.2) is 4.79 Å². The van der Waals surface area contributed by atoms with Gasteiger partial charge in [-0.05, 0) is 53.8 Å². The number of ether oxygens (including phenoxy) is 2. The Morgan fingerprint density at radius 2 is 1.43 bits per heavy atom. The lowest BCUT2D eigenvalue weighted by atomic mass is 10.0. The number of benzene rings is 2. The fourth-order valence-electron chi connectivity index (χ4n) is 2.04. The molecule has 0 aliphatic rings. The normalized spacial score (nSPS) is 10.9. The Morgan fingerprint density at radius 3 is 1.96 bits per heavy atom. The van der Waals surface area contributed by atoms with Crippen LogP contribution in [0.5, 0.6) is 11.5 Å². The zero-order valence-corrected chi connectivity index (χ0v) is 14.2. The van der Waals surface area contributed by atoms with Gasteiger partial charge in [-0.3, -0.25) is 0 Å². The highest BCUT2D eigenvalue weighted by molar-refractivity contribution is 5.91. The number of esters is 1. The lowest BCUT2D eigenvalue weighted by Gasteiger charge is -2.10. The standard InChI is InChI=1S/C20H24O3/c1-14(2)13-22-18-9-7-17(8-10-18)20(21)23-19-11-5-16(6-12-19)15(3)4/h5-12,14-15H,13H2,1-4H3. The zero-order chi connectivity index (χ0) is 16.8. The molecule has 0 N–H and O–H groups in total. The maximum absolute atomic E-state index is 12.1. The Bertz CT molecular complexity index is 625. The van der Waals surface area contributed by atoms with Crippen LogP contribution in [0.15, 0.2) is 48.5 Å². The van der Waals surface area contributed by atoms with Crippen LogP contribution in [0.3, 0.4) is 0 Å². The molecule has 0 unspecified atom stereocenters. The highest BCUT2D eigenvalue weighted by Gasteiger charge is 2.09. The summed E-state index contributed by atoms with van der Waals surface area (Å²) < 4.78 is 11.0. The Balaban J connectivity index is 1.97. The predicted octanol–water partition coefficient (Wildman–Crippen LogP) is 5.06. The van der Waals surface area contributed by atoms with Gasteiger partial charge < -0.3 is 9.47 Å². The molecule has 2 rings (SSSR count). The van der Waals surface area contributed by atoms with E-state index in [4.69, 9.17) is 9.47 Å². The van der Waals surface area contributed by atoms with E-state index in [1.54, 1.807) is 24.3 Å². The van der Waals surface area contributed by atoms with Crippen LogP contribution in [0.2, 0.25) is 0 Å². The molecule has 0 heterocycles. The molecule has 0 aliphatic heterocycles. The van der Waals surface area contributed by atoms with Crippen LogP contribution < -0.4 is 9.47 Å². The van der Waals surface area contributed by atoms with Crippen molar-refractivity contribution in [1.29, 1.82) is 0 Å². The van der Waals surface area contributed by atoms with Crippen molar-refractivity contribution in [3.05, 3.63) is 59.7 Å². The van der Waals surface area contributed by atoms with Crippen LogP contribution in [0.4, 0.5) is 0 Å². The van der Waals surface area contributed by atoms with Crippen molar-refractivity contribution in [2.24, 2.45) is 5.92 Å². The van der Waals surface area contributed by atoms with Gasteiger partial charge in [-0.15, -0.1) is 0 Å². The van der Waals surface area contributed by atoms with E-state index in [1.807, 2.05) is 24.3 Å². The lowest BCUT2D eigenvalue weighted by Crippen LogP contribution is -2.09. The summed E-state index contributed by atoms with van der Waals surface area (Å²) in [6.07, 6.45) is 0. The summed E-state index contributed by atoms with van der Waals surface area (Å²) in [5, 5.41) is 0. The van der Waals surface area contributed by atoms with Crippen LogP contribution >= 0.6 is 0 Å². The monoisotopic (exact) mass is 312 g/mol. The smallest absolute Gasteiger partial charge is 0.343 e. The van der Waals surface area contributed by atoms with Gasteiger partial charge in [0.1, 0.15) is 11.5 Å². The van der Waals surface area contributed by atoms with Gasteiger partial charge in [0, 0.05) is 0 Å². The summed E-state index contributed by atoms with van der Waals surface area (Å²) in [7, 11) is 0. The molecule has 0 fully saturated rings. The van der Waals surface area contributed by atoms with Gasteiger partial charge in [0.05, 0.1) is 12.2 Å². The van der Waals surface area contributed by atoms with Gasteiger partial charge in [-0.2, -0.15) is 0 Å². The van der Waals surface area contributed by atoms with Gasteiger partial charge in [0.25, 0.3) is 0 Å². The molecule has 0 aromatic heterocycles. The average molecular weight is 312 g/mol. The number of carbonyl (C=O) groups is 1. The van der Waals surface area contributed by atoms with Crippen LogP contribution in [0.25, 0.3) is 0 Å². The topological polar surface area (TPSA) is 35.5 Å². The lowest BCUT2D eigenvalue weighted by molar-refractivity contribution is 0.0734. The van der Waals surface area contributed by atoms with E-state index in [-0.39, 0.29) is 5.97 Å². The van der Waals surface area contributed by atoms with Gasteiger partial charge in [0.15, 0.2) is 0 Å². The van der Waals surface area contributed by atoms with E-state index >= 15 is 0 Å². The van der Waals surface area contributed by atoms with Crippen molar-refractivity contribution in [2.75, 3.05) is 6.61 Å². The first-order chi connectivity index (χ1) is 11.0. The summed E-state index contributed by atoms with van der Waals surface area (Å²) in [6.45, 7) is 9.10. The minimum absolute atomic E-state index is 0.363. The predicted molar refractivity (Wildman–Crippen MR) is 92.3 cm³/mol. The molecular formula is C20H24O3. The largest absolute Gasteiger partial charge is 0.493 e. The Morgan fingerprint density at radius 1 is 0.870 bits per heavy atom. The van der Waals surface area contributed by atoms with Crippen molar-refractivity contribution in [3.8, 4) is 11.5 Å². The Hall–Kier alpha value is -2.29. The molecule has 0 aliphatic carbocycles. The van der Waals surface area contributed by atoms with E-state index in [9.17, 15) is 4.79 Å². The molecule has 2 aromatic rings. The van der Waals surface area contributed by atoms with Gasteiger partial charge in [0.2, 0.25) is 0 Å². The molecule has 0 atom stereocenters. The highest BCUT2D eigenvalue weighted by atomic mass is 16.5. The fourth-order valence-corrected chi connectivity index (χ4v) is 2.04. The summed E-state index contributed by atoms with van der Waals surface area (Å²) in [5.74, 6) is 1.88. The zero-order valence-electron chi connectivity index (χ0n) is 14.2. The first-order valence-corrected chi connectivity index (χ1v) is 8.00. The van der Waals surface area contributed by atoms with E-state index in [1.165, 1.54) is 5.56 Å². The van der Waals surface area contributed by atoms with Crippen molar-refractivity contribution >= 4 is 5.97 Å². The summed E-state index contributed by atoms with van der Waals surface area (Å²) in [5.41, 5.74) is 1.73. The molecular weight excluding hydrogens is 288 g/mol. The first kappa shape index (κ1) is 17.1. The second-order valence-corrected chi connectivity index (χ2v) is 6.34. The molecule has 0 amide bonds. The average Bonchev–Trinajstić information content (AvgIpc) is 2.54. The third kappa shape index (κ3) is 5.13. The van der Waals surface area contributed by atoms with Crippen LogP contribution in [-0.2, 0) is 0 Å². The molecule has 2 aromatic carbocycles. The molecule has 0 saturated carbocycles. The van der Waals surface area contributed by atoms with Crippen molar-refractivity contribution in [3.63, 3.8) is 0 Å². The molecule has 0 bridgehead atoms. The molecule has 3 nitrogen and oxygen atoms in total. The van der Waals surface area contributed by atoms with Crippen molar-refractivity contribution < 1.29 is 14.3 Å². The summed E-state index contributed by atoms with van der Waals surface area (Å²) in [4.78, 5) is 12.1. The SMILES string of the molecule is CC(C)COc1ccc(C(=O)Oc2ccc(C(C)C)cc2)cc1. The third-order valence-electron chi connectivity index (χ3n) is 3.43. The third-order valence-corrected chi connectivity index (χ3v) is 3.43. The summed E-state index contributed by atoms with van der Waals surface area (Å²) in [6, 6.07) is 14.6. The summed E-state index contributed by atoms with van der Waals surface area (Å²) >= 11 is 0. The first-order valence-electron chi connectivity index (χ1n) is 8.00. The number of carbonyl (C=O) groups excluding carboxylic acids is 1. The highest BCUT2D eigenvalue weighted by Crippen LogP contribution is 2.20. The number of hydrogen-bond donors (Lipinski definition) is 0. The van der Waals surface area contributed by atoms with Crippen molar-refractivity contribution in [2.45, 2.75) is 33.6 Å². The molecule has 23 heavy (non-hydrogen) atoms. The van der Waals surface area contributed by atoms with E-state index in [0.29, 0.717) is 29.8 Å². The molecule has 3 heteroatoms. The van der Waals surface area contributed by atoms with Gasteiger partial charge in [-0.1, -0.05) is 39.8 Å². The minimum atomic E-state index is -0.363. The van der Waals surface area contributed by atoms with E-state index < -0.39 is 0 Å². The Labute approximate surface area is 138 Å². The molecule has 122 valence electrons. The molecule has 0 saturated heterocycles. The number of hydrogen-bond acceptors (Lipinski definition) is 3. The molecule has 0 spiro atoms. The van der Waals surface area contributed by atoms with Gasteiger partial charge >= 0.3 is 5.97 Å². The molecule has 0 radical (unpaired) electrons.